The Kier molecular flexibility index (Phi) is 3.52. The predicted molar refractivity (Wildman–Crippen MR) is 73.0 cm³/mol. The monoisotopic (exact) mass is 280 g/mol. The molecule has 3 rings (SSSR count). The molecule has 19 heavy (non-hydrogen) atoms. The van der Waals surface area contributed by atoms with Gasteiger partial charge >= 0.3 is 5.97 Å². The lowest BCUT2D eigenvalue weighted by Crippen LogP contribution is -2.12. The Morgan fingerprint density at radius 3 is 2.84 bits per heavy atom. The van der Waals surface area contributed by atoms with Gasteiger partial charge in [-0.15, -0.1) is 11.8 Å². The lowest BCUT2D eigenvalue weighted by molar-refractivity contribution is 0.0696. The van der Waals surface area contributed by atoms with E-state index in [1.165, 1.54) is 55.6 Å². The van der Waals surface area contributed by atoms with E-state index in [2.05, 4.69) is 0 Å². The highest BCUT2D eigenvalue weighted by Gasteiger charge is 2.39. The average molecular weight is 280 g/mol. The minimum atomic E-state index is -0.998. The molecule has 2 nitrogen and oxygen atoms in total. The smallest absolute Gasteiger partial charge is 0.335 e. The second kappa shape index (κ2) is 5.16. The number of hydrogen-bond acceptors (Lipinski definition) is 2. The number of rotatable bonds is 4. The van der Waals surface area contributed by atoms with E-state index >= 15 is 0 Å². The number of benzene rings is 1. The third kappa shape index (κ3) is 2.64. The van der Waals surface area contributed by atoms with Gasteiger partial charge in [-0.05, 0) is 55.2 Å². The topological polar surface area (TPSA) is 37.3 Å². The first kappa shape index (κ1) is 13.0. The van der Waals surface area contributed by atoms with Gasteiger partial charge in [-0.1, -0.05) is 6.42 Å². The molecule has 1 aromatic carbocycles. The molecule has 2 aliphatic carbocycles. The van der Waals surface area contributed by atoms with E-state index in [-0.39, 0.29) is 11.4 Å². The predicted octanol–water partition coefficient (Wildman–Crippen LogP) is 4.05. The molecule has 2 fully saturated rings. The number of aromatic carboxylic acids is 1. The van der Waals surface area contributed by atoms with E-state index in [4.69, 9.17) is 5.11 Å². The van der Waals surface area contributed by atoms with Crippen molar-refractivity contribution in [1.29, 1.82) is 0 Å². The number of halogens is 1. The molecule has 0 saturated heterocycles. The molecule has 1 N–H and O–H groups in total. The number of carbonyl (C=O) groups is 1. The molecule has 102 valence electrons. The summed E-state index contributed by atoms with van der Waals surface area (Å²) in [5.74, 6) is 2.02. The van der Waals surface area contributed by atoms with Crippen LogP contribution in [0, 0.1) is 23.6 Å². The zero-order valence-electron chi connectivity index (χ0n) is 10.6. The summed E-state index contributed by atoms with van der Waals surface area (Å²) in [7, 11) is 0. The van der Waals surface area contributed by atoms with Gasteiger partial charge in [0.05, 0.1) is 5.56 Å². The summed E-state index contributed by atoms with van der Waals surface area (Å²) < 4.78 is 13.7. The Labute approximate surface area is 116 Å². The maximum atomic E-state index is 13.7. The molecule has 3 unspecified atom stereocenters. The number of fused-ring (bicyclic) bond motifs is 2. The van der Waals surface area contributed by atoms with Crippen LogP contribution in [0.15, 0.2) is 23.1 Å². The highest BCUT2D eigenvalue weighted by atomic mass is 32.2. The van der Waals surface area contributed by atoms with Gasteiger partial charge in [-0.25, -0.2) is 9.18 Å². The van der Waals surface area contributed by atoms with Gasteiger partial charge in [0.1, 0.15) is 5.82 Å². The molecule has 3 atom stereocenters. The van der Waals surface area contributed by atoms with Crippen molar-refractivity contribution >= 4 is 17.7 Å². The molecule has 1 aromatic rings. The SMILES string of the molecule is O=C(O)c1ccc(F)c(SCC2CC3CCC2C3)c1. The van der Waals surface area contributed by atoms with E-state index in [1.54, 1.807) is 0 Å². The van der Waals surface area contributed by atoms with E-state index in [9.17, 15) is 9.18 Å². The molecular formula is C15H17FO2S. The van der Waals surface area contributed by atoms with Gasteiger partial charge < -0.3 is 5.11 Å². The van der Waals surface area contributed by atoms with E-state index < -0.39 is 5.97 Å². The first-order chi connectivity index (χ1) is 9.13. The lowest BCUT2D eigenvalue weighted by atomic mass is 9.90. The van der Waals surface area contributed by atoms with Gasteiger partial charge in [-0.3, -0.25) is 0 Å². The number of thioether (sulfide) groups is 1. The van der Waals surface area contributed by atoms with Gasteiger partial charge in [0, 0.05) is 10.6 Å². The van der Waals surface area contributed by atoms with Crippen LogP contribution < -0.4 is 0 Å². The first-order valence-corrected chi connectivity index (χ1v) is 7.77. The van der Waals surface area contributed by atoms with Gasteiger partial charge in [-0.2, -0.15) is 0 Å². The van der Waals surface area contributed by atoms with Gasteiger partial charge in [0.15, 0.2) is 0 Å². The van der Waals surface area contributed by atoms with Crippen LogP contribution in [-0.2, 0) is 0 Å². The fraction of sp³-hybridized carbons (Fsp3) is 0.533. The lowest BCUT2D eigenvalue weighted by Gasteiger charge is -2.21. The van der Waals surface area contributed by atoms with Crippen molar-refractivity contribution in [1.82, 2.24) is 0 Å². The zero-order valence-corrected chi connectivity index (χ0v) is 11.5. The quantitative estimate of drug-likeness (QED) is 0.845. The van der Waals surface area contributed by atoms with Crippen LogP contribution in [0.5, 0.6) is 0 Å². The molecule has 0 aliphatic heterocycles. The Morgan fingerprint density at radius 2 is 2.21 bits per heavy atom. The highest BCUT2D eigenvalue weighted by Crippen LogP contribution is 2.49. The standard InChI is InChI=1S/C15H17FO2S/c16-13-4-3-11(15(17)18)7-14(13)19-8-12-6-9-1-2-10(12)5-9/h3-4,7,9-10,12H,1-2,5-6,8H2,(H,17,18). The van der Waals surface area contributed by atoms with Crippen molar-refractivity contribution in [3.05, 3.63) is 29.6 Å². The molecule has 0 heterocycles. The molecule has 0 amide bonds. The van der Waals surface area contributed by atoms with Crippen molar-refractivity contribution in [3.8, 4) is 0 Å². The summed E-state index contributed by atoms with van der Waals surface area (Å²) in [5.41, 5.74) is 0.164. The van der Waals surface area contributed by atoms with E-state index in [0.717, 1.165) is 17.6 Å². The van der Waals surface area contributed by atoms with Gasteiger partial charge in [0.2, 0.25) is 0 Å². The van der Waals surface area contributed by atoms with Crippen molar-refractivity contribution < 1.29 is 14.3 Å². The second-order valence-corrected chi connectivity index (χ2v) is 6.76. The highest BCUT2D eigenvalue weighted by molar-refractivity contribution is 7.99. The van der Waals surface area contributed by atoms with Crippen LogP contribution in [0.3, 0.4) is 0 Å². The Morgan fingerprint density at radius 1 is 1.37 bits per heavy atom. The van der Waals surface area contributed by atoms with Crippen molar-refractivity contribution in [2.75, 3.05) is 5.75 Å². The van der Waals surface area contributed by atoms with E-state index in [0.29, 0.717) is 10.8 Å². The Hall–Kier alpha value is -1.03. The molecule has 2 aliphatic rings. The first-order valence-electron chi connectivity index (χ1n) is 6.79. The van der Waals surface area contributed by atoms with Gasteiger partial charge in [0.25, 0.3) is 0 Å². The number of hydrogen-bond donors (Lipinski definition) is 1. The van der Waals surface area contributed by atoms with Crippen LogP contribution in [0.2, 0.25) is 0 Å². The largest absolute Gasteiger partial charge is 0.478 e. The molecule has 0 aromatic heterocycles. The zero-order chi connectivity index (χ0) is 13.4. The Balaban J connectivity index is 1.66. The summed E-state index contributed by atoms with van der Waals surface area (Å²) >= 11 is 1.48. The fourth-order valence-electron chi connectivity index (χ4n) is 3.52. The number of carboxylic acids is 1. The Bertz CT molecular complexity index is 503. The van der Waals surface area contributed by atoms with Crippen LogP contribution in [0.1, 0.15) is 36.0 Å². The van der Waals surface area contributed by atoms with Crippen LogP contribution >= 0.6 is 11.8 Å². The molecule has 0 radical (unpaired) electrons. The summed E-state index contributed by atoms with van der Waals surface area (Å²) in [6, 6.07) is 4.03. The molecule has 2 saturated carbocycles. The summed E-state index contributed by atoms with van der Waals surface area (Å²) in [6.45, 7) is 0. The fourth-order valence-corrected chi connectivity index (χ4v) is 4.74. The summed E-state index contributed by atoms with van der Waals surface area (Å²) in [6.07, 6.45) is 5.32. The van der Waals surface area contributed by atoms with Crippen molar-refractivity contribution in [2.24, 2.45) is 17.8 Å². The molecule has 2 bridgehead atoms. The van der Waals surface area contributed by atoms with Crippen LogP contribution in [0.25, 0.3) is 0 Å². The minimum absolute atomic E-state index is 0.164. The third-order valence-electron chi connectivity index (χ3n) is 4.52. The van der Waals surface area contributed by atoms with Crippen LogP contribution in [0.4, 0.5) is 4.39 Å². The second-order valence-electron chi connectivity index (χ2n) is 5.70. The maximum Gasteiger partial charge on any atom is 0.335 e. The summed E-state index contributed by atoms with van der Waals surface area (Å²) in [5, 5.41) is 8.93. The minimum Gasteiger partial charge on any atom is -0.478 e. The molecule has 0 spiro atoms. The summed E-state index contributed by atoms with van der Waals surface area (Å²) in [4.78, 5) is 11.4. The van der Waals surface area contributed by atoms with Crippen molar-refractivity contribution in [2.45, 2.75) is 30.6 Å². The average Bonchev–Trinajstić information content (AvgIpc) is 2.99. The third-order valence-corrected chi connectivity index (χ3v) is 5.73. The van der Waals surface area contributed by atoms with E-state index in [1.807, 2.05) is 0 Å². The maximum absolute atomic E-state index is 13.7. The molecular weight excluding hydrogens is 263 g/mol. The molecule has 4 heteroatoms. The van der Waals surface area contributed by atoms with Crippen molar-refractivity contribution in [3.63, 3.8) is 0 Å². The number of carboxylic acid groups (broad SMARTS) is 1. The van der Waals surface area contributed by atoms with Crippen LogP contribution in [-0.4, -0.2) is 16.8 Å². The normalized spacial score (nSPS) is 28.8.